The van der Waals surface area contributed by atoms with Gasteiger partial charge in [0.15, 0.2) is 0 Å². The maximum Gasteiger partial charge on any atom is 0.128 e. The summed E-state index contributed by atoms with van der Waals surface area (Å²) in [6, 6.07) is 26.6. The number of aliphatic hydroxyl groups is 1. The van der Waals surface area contributed by atoms with Crippen molar-refractivity contribution < 1.29 is 9.84 Å². The van der Waals surface area contributed by atoms with E-state index in [0.717, 1.165) is 56.9 Å². The van der Waals surface area contributed by atoms with Crippen LogP contribution >= 0.6 is 11.6 Å². The Hall–Kier alpha value is -2.37. The van der Waals surface area contributed by atoms with Crippen molar-refractivity contribution in [3.63, 3.8) is 0 Å². The number of piperidine rings is 1. The predicted molar refractivity (Wildman–Crippen MR) is 130 cm³/mol. The molecule has 1 atom stereocenters. The number of hydrogen-bond acceptors (Lipinski definition) is 4. The Morgan fingerprint density at radius 3 is 2.34 bits per heavy atom. The quantitative estimate of drug-likeness (QED) is 0.465. The van der Waals surface area contributed by atoms with Crippen LogP contribution in [0.1, 0.15) is 24.0 Å². The summed E-state index contributed by atoms with van der Waals surface area (Å²) in [5, 5.41) is 14.3. The molecule has 5 heteroatoms. The minimum absolute atomic E-state index is 0.144. The highest BCUT2D eigenvalue weighted by Crippen LogP contribution is 2.25. The molecule has 0 spiro atoms. The molecule has 2 N–H and O–H groups in total. The third-order valence-corrected chi connectivity index (χ3v) is 6.12. The Labute approximate surface area is 195 Å². The van der Waals surface area contributed by atoms with E-state index < -0.39 is 0 Å². The van der Waals surface area contributed by atoms with E-state index in [1.165, 1.54) is 11.1 Å². The van der Waals surface area contributed by atoms with Gasteiger partial charge >= 0.3 is 0 Å². The van der Waals surface area contributed by atoms with Gasteiger partial charge in [0, 0.05) is 37.2 Å². The van der Waals surface area contributed by atoms with Crippen LogP contribution in [0.4, 0.5) is 0 Å². The fraction of sp³-hybridized carbons (Fsp3) is 0.333. The largest absolute Gasteiger partial charge is 0.457 e. The van der Waals surface area contributed by atoms with Crippen molar-refractivity contribution >= 4 is 11.6 Å². The Bertz CT molecular complexity index is 974. The standard InChI is InChI=1S/C27H31ClN2O2/c28-23-9-5-11-27(18-23)32-26-10-4-8-22(17-26)19-29-24(16-21-6-2-1-3-7-21)20-30-14-12-25(31)13-15-30/h1-11,17-18,24-25,29,31H,12-16,19-20H2/t24-/m0/s1. The van der Waals surface area contributed by atoms with E-state index in [1.54, 1.807) is 0 Å². The molecule has 3 aromatic carbocycles. The molecule has 0 unspecified atom stereocenters. The van der Waals surface area contributed by atoms with Gasteiger partial charge in [0.2, 0.25) is 0 Å². The normalized spacial score (nSPS) is 16.1. The molecule has 3 aromatic rings. The van der Waals surface area contributed by atoms with E-state index >= 15 is 0 Å². The first kappa shape index (κ1) is 22.8. The zero-order chi connectivity index (χ0) is 22.2. The SMILES string of the molecule is OC1CCN(C[C@H](Cc2ccccc2)NCc2cccc(Oc3cccc(Cl)c3)c2)CC1. The van der Waals surface area contributed by atoms with Crippen LogP contribution in [-0.4, -0.2) is 41.8 Å². The number of aliphatic hydroxyl groups excluding tert-OH is 1. The molecule has 1 saturated heterocycles. The molecule has 1 heterocycles. The predicted octanol–water partition coefficient (Wildman–Crippen LogP) is 5.29. The highest BCUT2D eigenvalue weighted by molar-refractivity contribution is 6.30. The maximum absolute atomic E-state index is 9.83. The lowest BCUT2D eigenvalue weighted by atomic mass is 10.0. The van der Waals surface area contributed by atoms with E-state index in [1.807, 2.05) is 36.4 Å². The van der Waals surface area contributed by atoms with E-state index in [0.29, 0.717) is 11.1 Å². The molecule has 1 fully saturated rings. The molecule has 0 amide bonds. The first-order valence-corrected chi connectivity index (χ1v) is 11.7. The molecule has 0 saturated carbocycles. The van der Waals surface area contributed by atoms with Gasteiger partial charge in [0.1, 0.15) is 11.5 Å². The topological polar surface area (TPSA) is 44.7 Å². The Morgan fingerprint density at radius 1 is 0.906 bits per heavy atom. The second-order valence-electron chi connectivity index (χ2n) is 8.51. The molecular formula is C27H31ClN2O2. The molecule has 0 bridgehead atoms. The minimum atomic E-state index is -0.144. The van der Waals surface area contributed by atoms with Crippen LogP contribution in [0, 0.1) is 0 Å². The summed E-state index contributed by atoms with van der Waals surface area (Å²) < 4.78 is 5.99. The van der Waals surface area contributed by atoms with Crippen molar-refractivity contribution in [1.82, 2.24) is 10.2 Å². The zero-order valence-corrected chi connectivity index (χ0v) is 19.0. The van der Waals surface area contributed by atoms with Crippen LogP contribution < -0.4 is 10.1 Å². The lowest BCUT2D eigenvalue weighted by molar-refractivity contribution is 0.0776. The van der Waals surface area contributed by atoms with Gasteiger partial charge in [-0.2, -0.15) is 0 Å². The second kappa shape index (κ2) is 11.5. The number of rotatable bonds is 9. The average Bonchev–Trinajstić information content (AvgIpc) is 2.80. The van der Waals surface area contributed by atoms with Gasteiger partial charge in [-0.05, 0) is 60.7 Å². The number of benzene rings is 3. The van der Waals surface area contributed by atoms with Gasteiger partial charge in [-0.15, -0.1) is 0 Å². The highest BCUT2D eigenvalue weighted by atomic mass is 35.5. The van der Waals surface area contributed by atoms with Crippen molar-refractivity contribution in [2.45, 2.75) is 38.0 Å². The summed E-state index contributed by atoms with van der Waals surface area (Å²) in [7, 11) is 0. The smallest absolute Gasteiger partial charge is 0.128 e. The average molecular weight is 451 g/mol. The van der Waals surface area contributed by atoms with E-state index in [9.17, 15) is 5.11 Å². The van der Waals surface area contributed by atoms with Gasteiger partial charge in [0.05, 0.1) is 6.10 Å². The third kappa shape index (κ3) is 7.07. The lowest BCUT2D eigenvalue weighted by Gasteiger charge is -2.33. The van der Waals surface area contributed by atoms with Crippen LogP contribution in [-0.2, 0) is 13.0 Å². The van der Waals surface area contributed by atoms with Crippen molar-refractivity contribution in [3.05, 3.63) is 95.0 Å². The van der Waals surface area contributed by atoms with Gasteiger partial charge in [-0.1, -0.05) is 60.1 Å². The molecule has 0 aliphatic carbocycles. The Morgan fingerprint density at radius 2 is 1.59 bits per heavy atom. The van der Waals surface area contributed by atoms with Gasteiger partial charge in [0.25, 0.3) is 0 Å². The van der Waals surface area contributed by atoms with E-state index in [2.05, 4.69) is 52.7 Å². The van der Waals surface area contributed by atoms with Crippen LogP contribution in [0.25, 0.3) is 0 Å². The number of halogens is 1. The third-order valence-electron chi connectivity index (χ3n) is 5.89. The fourth-order valence-electron chi connectivity index (χ4n) is 4.16. The first-order valence-electron chi connectivity index (χ1n) is 11.3. The summed E-state index contributed by atoms with van der Waals surface area (Å²) in [6.07, 6.45) is 2.55. The molecule has 32 heavy (non-hydrogen) atoms. The molecule has 0 aromatic heterocycles. The monoisotopic (exact) mass is 450 g/mol. The van der Waals surface area contributed by atoms with Crippen LogP contribution in [0.2, 0.25) is 5.02 Å². The molecular weight excluding hydrogens is 420 g/mol. The second-order valence-corrected chi connectivity index (χ2v) is 8.94. The van der Waals surface area contributed by atoms with Crippen molar-refractivity contribution in [3.8, 4) is 11.5 Å². The number of likely N-dealkylation sites (tertiary alicyclic amines) is 1. The van der Waals surface area contributed by atoms with Gasteiger partial charge < -0.3 is 20.1 Å². The Balaban J connectivity index is 1.39. The summed E-state index contributed by atoms with van der Waals surface area (Å²) in [5.74, 6) is 1.54. The molecule has 168 valence electrons. The molecule has 1 aliphatic rings. The number of nitrogens with one attached hydrogen (secondary N) is 1. The summed E-state index contributed by atoms with van der Waals surface area (Å²) in [6.45, 7) is 3.65. The van der Waals surface area contributed by atoms with Gasteiger partial charge in [-0.25, -0.2) is 0 Å². The molecule has 4 nitrogen and oxygen atoms in total. The minimum Gasteiger partial charge on any atom is -0.457 e. The van der Waals surface area contributed by atoms with Crippen molar-refractivity contribution in [2.24, 2.45) is 0 Å². The van der Waals surface area contributed by atoms with Gasteiger partial charge in [-0.3, -0.25) is 0 Å². The first-order chi connectivity index (χ1) is 15.6. The maximum atomic E-state index is 9.83. The van der Waals surface area contributed by atoms with Crippen LogP contribution in [0.5, 0.6) is 11.5 Å². The van der Waals surface area contributed by atoms with Crippen LogP contribution in [0.3, 0.4) is 0 Å². The van der Waals surface area contributed by atoms with Crippen molar-refractivity contribution in [2.75, 3.05) is 19.6 Å². The highest BCUT2D eigenvalue weighted by Gasteiger charge is 2.20. The van der Waals surface area contributed by atoms with Crippen molar-refractivity contribution in [1.29, 1.82) is 0 Å². The number of hydrogen-bond donors (Lipinski definition) is 2. The lowest BCUT2D eigenvalue weighted by Crippen LogP contribution is -2.45. The van der Waals surface area contributed by atoms with E-state index in [-0.39, 0.29) is 6.10 Å². The fourth-order valence-corrected chi connectivity index (χ4v) is 4.34. The molecule has 1 aliphatic heterocycles. The van der Waals surface area contributed by atoms with E-state index in [4.69, 9.17) is 16.3 Å². The molecule has 0 radical (unpaired) electrons. The molecule has 4 rings (SSSR count). The summed E-state index contributed by atoms with van der Waals surface area (Å²) in [4.78, 5) is 2.46. The van der Waals surface area contributed by atoms with Crippen LogP contribution in [0.15, 0.2) is 78.9 Å². The summed E-state index contributed by atoms with van der Waals surface area (Å²) >= 11 is 6.07. The zero-order valence-electron chi connectivity index (χ0n) is 18.3. The summed E-state index contributed by atoms with van der Waals surface area (Å²) in [5.41, 5.74) is 2.51. The Kier molecular flexibility index (Phi) is 8.18. The number of ether oxygens (including phenoxy) is 1. The number of nitrogens with zero attached hydrogens (tertiary/aromatic N) is 1.